The average molecular weight is 229 g/mol. The lowest BCUT2D eigenvalue weighted by molar-refractivity contribution is 0.124. The Morgan fingerprint density at radius 1 is 1.40 bits per heavy atom. The highest BCUT2D eigenvalue weighted by Crippen LogP contribution is 2.37. The van der Waals surface area contributed by atoms with Crippen molar-refractivity contribution < 1.29 is 5.11 Å². The summed E-state index contributed by atoms with van der Waals surface area (Å²) in [5, 5.41) is 13.9. The lowest BCUT2D eigenvalue weighted by Gasteiger charge is -2.29. The maximum Gasteiger partial charge on any atom is 0.0499 e. The fourth-order valence-electron chi connectivity index (χ4n) is 2.86. The minimum Gasteiger partial charge on any atom is -0.396 e. The van der Waals surface area contributed by atoms with Crippen molar-refractivity contribution in [2.75, 3.05) is 18.9 Å². The van der Waals surface area contributed by atoms with E-state index in [1.807, 2.05) is 0 Å². The summed E-state index contributed by atoms with van der Waals surface area (Å²) in [6.45, 7) is 3.71. The quantitative estimate of drug-likeness (QED) is 0.773. The molecule has 2 nitrogen and oxygen atoms in total. The Morgan fingerprint density at radius 3 is 2.67 bits per heavy atom. The van der Waals surface area contributed by atoms with Crippen LogP contribution < -0.4 is 5.32 Å². The van der Waals surface area contributed by atoms with Gasteiger partial charge in [0.15, 0.2) is 0 Å². The zero-order valence-corrected chi connectivity index (χ0v) is 10.5. The van der Waals surface area contributed by atoms with Gasteiger partial charge in [0, 0.05) is 29.9 Å². The van der Waals surface area contributed by atoms with E-state index < -0.39 is 0 Å². The Kier molecular flexibility index (Phi) is 3.97. The highest BCUT2D eigenvalue weighted by atomic mass is 32.2. The lowest BCUT2D eigenvalue weighted by atomic mass is 9.87. The molecule has 0 amide bonds. The normalized spacial score (nSPS) is 34.8. The molecule has 0 bridgehead atoms. The van der Waals surface area contributed by atoms with Gasteiger partial charge in [0.25, 0.3) is 0 Å². The number of nitrogens with one attached hydrogen (secondary N) is 1. The summed E-state index contributed by atoms with van der Waals surface area (Å²) in [7, 11) is 0. The third-order valence-electron chi connectivity index (χ3n) is 4.12. The second-order valence-corrected chi connectivity index (χ2v) is 6.70. The van der Waals surface area contributed by atoms with Crippen molar-refractivity contribution in [3.05, 3.63) is 0 Å². The molecule has 0 aromatic rings. The molecule has 1 aliphatic heterocycles. The molecule has 0 radical (unpaired) electrons. The van der Waals surface area contributed by atoms with Gasteiger partial charge in [0.1, 0.15) is 0 Å². The first kappa shape index (κ1) is 11.7. The molecule has 0 spiro atoms. The monoisotopic (exact) mass is 229 g/mol. The molecular formula is C12H23NOS. The van der Waals surface area contributed by atoms with Gasteiger partial charge in [-0.25, -0.2) is 0 Å². The standard InChI is InChI=1S/C12H23NOS/c1-10-11(4-7-15-10)13-8-12(9-14)5-2-3-6-12/h10-11,13-14H,2-9H2,1H3. The summed E-state index contributed by atoms with van der Waals surface area (Å²) in [5.41, 5.74) is 0.215. The number of hydrogen-bond donors (Lipinski definition) is 2. The van der Waals surface area contributed by atoms with Gasteiger partial charge in [-0.2, -0.15) is 11.8 Å². The number of aliphatic hydroxyl groups excluding tert-OH is 1. The van der Waals surface area contributed by atoms with Crippen LogP contribution >= 0.6 is 11.8 Å². The Bertz CT molecular complexity index is 204. The van der Waals surface area contributed by atoms with Crippen LogP contribution in [0.3, 0.4) is 0 Å². The second-order valence-electron chi connectivity index (χ2n) is 5.22. The average Bonchev–Trinajstić information content (AvgIpc) is 2.85. The Hall–Kier alpha value is 0.270. The lowest BCUT2D eigenvalue weighted by Crippen LogP contribution is -2.42. The molecule has 1 aliphatic carbocycles. The Balaban J connectivity index is 1.80. The van der Waals surface area contributed by atoms with Crippen molar-refractivity contribution in [3.8, 4) is 0 Å². The highest BCUT2D eigenvalue weighted by Gasteiger charge is 2.34. The molecule has 0 aromatic heterocycles. The van der Waals surface area contributed by atoms with Crippen LogP contribution in [0.25, 0.3) is 0 Å². The smallest absolute Gasteiger partial charge is 0.0499 e. The van der Waals surface area contributed by atoms with E-state index in [4.69, 9.17) is 0 Å². The van der Waals surface area contributed by atoms with Gasteiger partial charge >= 0.3 is 0 Å². The van der Waals surface area contributed by atoms with Crippen molar-refractivity contribution in [2.45, 2.75) is 50.3 Å². The molecule has 88 valence electrons. The second kappa shape index (κ2) is 5.07. The molecule has 2 atom stereocenters. The first-order valence-corrected chi connectivity index (χ1v) is 7.26. The molecule has 1 heterocycles. The molecule has 2 unspecified atom stereocenters. The minimum atomic E-state index is 0.215. The van der Waals surface area contributed by atoms with E-state index >= 15 is 0 Å². The molecule has 2 fully saturated rings. The van der Waals surface area contributed by atoms with Crippen LogP contribution in [0.4, 0.5) is 0 Å². The zero-order chi connectivity index (χ0) is 10.7. The maximum absolute atomic E-state index is 9.51. The van der Waals surface area contributed by atoms with Crippen LogP contribution in [0.2, 0.25) is 0 Å². The summed E-state index contributed by atoms with van der Waals surface area (Å²) in [6, 6.07) is 0.680. The van der Waals surface area contributed by atoms with E-state index in [-0.39, 0.29) is 5.41 Å². The van der Waals surface area contributed by atoms with Gasteiger partial charge in [0.2, 0.25) is 0 Å². The number of aliphatic hydroxyl groups is 1. The van der Waals surface area contributed by atoms with E-state index in [9.17, 15) is 5.11 Å². The van der Waals surface area contributed by atoms with Crippen LogP contribution in [0.1, 0.15) is 39.0 Å². The Labute approximate surface area is 97.2 Å². The molecule has 2 aliphatic rings. The molecule has 0 aromatic carbocycles. The van der Waals surface area contributed by atoms with E-state index in [0.29, 0.717) is 12.6 Å². The minimum absolute atomic E-state index is 0.215. The van der Waals surface area contributed by atoms with E-state index in [0.717, 1.165) is 11.8 Å². The molecule has 15 heavy (non-hydrogen) atoms. The van der Waals surface area contributed by atoms with E-state index in [1.54, 1.807) is 0 Å². The first-order valence-electron chi connectivity index (χ1n) is 6.22. The summed E-state index contributed by atoms with van der Waals surface area (Å²) < 4.78 is 0. The fraction of sp³-hybridized carbons (Fsp3) is 1.00. The summed E-state index contributed by atoms with van der Waals surface area (Å²) >= 11 is 2.07. The third kappa shape index (κ3) is 2.69. The molecule has 3 heteroatoms. The maximum atomic E-state index is 9.51. The predicted octanol–water partition coefficient (Wildman–Crippen LogP) is 2.02. The van der Waals surface area contributed by atoms with Gasteiger partial charge in [-0.3, -0.25) is 0 Å². The molecule has 2 N–H and O–H groups in total. The van der Waals surface area contributed by atoms with Crippen molar-refractivity contribution in [1.29, 1.82) is 0 Å². The van der Waals surface area contributed by atoms with E-state index in [1.165, 1.54) is 37.9 Å². The number of hydrogen-bond acceptors (Lipinski definition) is 3. The van der Waals surface area contributed by atoms with Gasteiger partial charge in [-0.15, -0.1) is 0 Å². The predicted molar refractivity (Wildman–Crippen MR) is 66.3 cm³/mol. The van der Waals surface area contributed by atoms with Crippen molar-refractivity contribution >= 4 is 11.8 Å². The van der Waals surface area contributed by atoms with Crippen LogP contribution in [-0.2, 0) is 0 Å². The highest BCUT2D eigenvalue weighted by molar-refractivity contribution is 8.00. The fourth-order valence-corrected chi connectivity index (χ4v) is 4.09. The van der Waals surface area contributed by atoms with Crippen LogP contribution in [-0.4, -0.2) is 35.3 Å². The van der Waals surface area contributed by atoms with Gasteiger partial charge in [-0.1, -0.05) is 19.8 Å². The van der Waals surface area contributed by atoms with Crippen LogP contribution in [0.15, 0.2) is 0 Å². The Morgan fingerprint density at radius 2 is 2.13 bits per heavy atom. The molecule has 1 saturated heterocycles. The van der Waals surface area contributed by atoms with Gasteiger partial charge in [-0.05, 0) is 25.0 Å². The molecular weight excluding hydrogens is 206 g/mol. The largest absolute Gasteiger partial charge is 0.396 e. The first-order chi connectivity index (χ1) is 7.26. The summed E-state index contributed by atoms with van der Waals surface area (Å²) in [6.07, 6.45) is 6.33. The van der Waals surface area contributed by atoms with Crippen molar-refractivity contribution in [1.82, 2.24) is 5.32 Å². The SMILES string of the molecule is CC1SCCC1NCC1(CO)CCCC1. The molecule has 2 rings (SSSR count). The number of thioether (sulfide) groups is 1. The van der Waals surface area contributed by atoms with E-state index in [2.05, 4.69) is 24.0 Å². The topological polar surface area (TPSA) is 32.3 Å². The zero-order valence-electron chi connectivity index (χ0n) is 9.67. The molecule has 1 saturated carbocycles. The van der Waals surface area contributed by atoms with Crippen molar-refractivity contribution in [2.24, 2.45) is 5.41 Å². The van der Waals surface area contributed by atoms with Crippen LogP contribution in [0, 0.1) is 5.41 Å². The van der Waals surface area contributed by atoms with Crippen molar-refractivity contribution in [3.63, 3.8) is 0 Å². The van der Waals surface area contributed by atoms with Gasteiger partial charge in [0.05, 0.1) is 0 Å². The summed E-state index contributed by atoms with van der Waals surface area (Å²) in [5.74, 6) is 1.30. The summed E-state index contributed by atoms with van der Waals surface area (Å²) in [4.78, 5) is 0. The van der Waals surface area contributed by atoms with Crippen LogP contribution in [0.5, 0.6) is 0 Å². The third-order valence-corrected chi connectivity index (χ3v) is 5.44. The van der Waals surface area contributed by atoms with Gasteiger partial charge < -0.3 is 10.4 Å². The number of rotatable bonds is 4.